The number of carbonyl (C=O) groups is 1. The Morgan fingerprint density at radius 2 is 1.72 bits per heavy atom. The maximum atomic E-state index is 12.3. The molecule has 1 amide bonds. The molecule has 5 nitrogen and oxygen atoms in total. The molecule has 25 heavy (non-hydrogen) atoms. The van der Waals surface area contributed by atoms with Gasteiger partial charge < -0.3 is 15.4 Å². The highest BCUT2D eigenvalue weighted by molar-refractivity contribution is 6.30. The van der Waals surface area contributed by atoms with Gasteiger partial charge in [0, 0.05) is 10.7 Å². The molecule has 2 aromatic carbocycles. The minimum Gasteiger partial charge on any atom is -0.496 e. The average molecular weight is 354 g/mol. The molecule has 0 bridgehead atoms. The Morgan fingerprint density at radius 3 is 2.40 bits per heavy atom. The number of methoxy groups -OCH3 is 1. The van der Waals surface area contributed by atoms with Crippen LogP contribution in [0.15, 0.2) is 66.9 Å². The molecular weight excluding hydrogens is 338 g/mol. The van der Waals surface area contributed by atoms with Gasteiger partial charge in [-0.15, -0.1) is 0 Å². The van der Waals surface area contributed by atoms with E-state index in [9.17, 15) is 4.79 Å². The topological polar surface area (TPSA) is 63.2 Å². The summed E-state index contributed by atoms with van der Waals surface area (Å²) in [5, 5.41) is 6.64. The number of pyridine rings is 1. The molecule has 6 heteroatoms. The second-order valence-electron chi connectivity index (χ2n) is 5.22. The van der Waals surface area contributed by atoms with Crippen LogP contribution >= 0.6 is 11.6 Å². The number of rotatable bonds is 5. The number of hydrogen-bond donors (Lipinski definition) is 2. The van der Waals surface area contributed by atoms with E-state index in [4.69, 9.17) is 16.3 Å². The molecule has 0 aliphatic heterocycles. The molecule has 3 rings (SSSR count). The van der Waals surface area contributed by atoms with E-state index in [0.717, 1.165) is 11.4 Å². The number of carbonyl (C=O) groups excluding carboxylic acids is 1. The maximum Gasteiger partial charge on any atom is 0.260 e. The van der Waals surface area contributed by atoms with Gasteiger partial charge in [0.2, 0.25) is 0 Å². The van der Waals surface area contributed by atoms with Crippen LogP contribution < -0.4 is 15.4 Å². The van der Waals surface area contributed by atoms with Crippen molar-refractivity contribution in [2.45, 2.75) is 0 Å². The predicted octanol–water partition coefficient (Wildman–Crippen LogP) is 4.74. The minimum absolute atomic E-state index is 0.275. The van der Waals surface area contributed by atoms with Crippen molar-refractivity contribution < 1.29 is 9.53 Å². The summed E-state index contributed by atoms with van der Waals surface area (Å²) in [7, 11) is 1.53. The fourth-order valence-electron chi connectivity index (χ4n) is 2.26. The first-order chi connectivity index (χ1) is 12.2. The van der Waals surface area contributed by atoms with E-state index in [-0.39, 0.29) is 5.91 Å². The van der Waals surface area contributed by atoms with Gasteiger partial charge in [0.05, 0.1) is 24.6 Å². The Kier molecular flexibility index (Phi) is 5.16. The summed E-state index contributed by atoms with van der Waals surface area (Å²) in [6, 6.07) is 17.9. The van der Waals surface area contributed by atoms with Crippen molar-refractivity contribution in [1.29, 1.82) is 0 Å². The zero-order chi connectivity index (χ0) is 17.6. The first-order valence-electron chi connectivity index (χ1n) is 7.59. The number of amides is 1. The van der Waals surface area contributed by atoms with Crippen molar-refractivity contribution >= 4 is 34.7 Å². The van der Waals surface area contributed by atoms with Gasteiger partial charge in [-0.2, -0.15) is 0 Å². The number of ether oxygens (including phenoxy) is 1. The molecule has 0 saturated heterocycles. The summed E-state index contributed by atoms with van der Waals surface area (Å²) >= 11 is 5.87. The molecule has 0 atom stereocenters. The van der Waals surface area contributed by atoms with Crippen LogP contribution in [0.2, 0.25) is 5.02 Å². The molecule has 0 radical (unpaired) electrons. The number of aromatic nitrogens is 1. The Morgan fingerprint density at radius 1 is 1.00 bits per heavy atom. The first kappa shape index (κ1) is 16.8. The highest BCUT2D eigenvalue weighted by Gasteiger charge is 2.12. The van der Waals surface area contributed by atoms with Gasteiger partial charge in [-0.05, 0) is 48.5 Å². The van der Waals surface area contributed by atoms with E-state index < -0.39 is 0 Å². The molecule has 1 heterocycles. The number of para-hydroxylation sites is 1. The summed E-state index contributed by atoms with van der Waals surface area (Å²) in [4.78, 5) is 16.6. The maximum absolute atomic E-state index is 12.3. The molecule has 0 aliphatic rings. The lowest BCUT2D eigenvalue weighted by Gasteiger charge is -2.10. The summed E-state index contributed by atoms with van der Waals surface area (Å²) in [5.41, 5.74) is 2.16. The second kappa shape index (κ2) is 7.68. The number of halogens is 1. The van der Waals surface area contributed by atoms with Gasteiger partial charge in [0.25, 0.3) is 5.91 Å². The van der Waals surface area contributed by atoms with E-state index >= 15 is 0 Å². The van der Waals surface area contributed by atoms with Gasteiger partial charge in [-0.3, -0.25) is 4.79 Å². The number of nitrogens with one attached hydrogen (secondary N) is 2. The lowest BCUT2D eigenvalue weighted by Crippen LogP contribution is -2.14. The highest BCUT2D eigenvalue weighted by atomic mass is 35.5. The van der Waals surface area contributed by atoms with Crippen LogP contribution in [0.25, 0.3) is 0 Å². The Balaban J connectivity index is 1.68. The van der Waals surface area contributed by atoms with Crippen molar-refractivity contribution in [3.63, 3.8) is 0 Å². The molecule has 0 spiro atoms. The third-order valence-electron chi connectivity index (χ3n) is 3.49. The van der Waals surface area contributed by atoms with Crippen LogP contribution in [-0.4, -0.2) is 18.0 Å². The number of hydrogen-bond acceptors (Lipinski definition) is 4. The molecular formula is C19H16ClN3O2. The van der Waals surface area contributed by atoms with Gasteiger partial charge in [-0.25, -0.2) is 4.98 Å². The van der Waals surface area contributed by atoms with Crippen LogP contribution in [-0.2, 0) is 0 Å². The second-order valence-corrected chi connectivity index (χ2v) is 5.65. The zero-order valence-corrected chi connectivity index (χ0v) is 14.2. The minimum atomic E-state index is -0.275. The molecule has 0 aliphatic carbocycles. The van der Waals surface area contributed by atoms with Gasteiger partial charge >= 0.3 is 0 Å². The van der Waals surface area contributed by atoms with E-state index in [1.165, 1.54) is 7.11 Å². The highest BCUT2D eigenvalue weighted by Crippen LogP contribution is 2.21. The zero-order valence-electron chi connectivity index (χ0n) is 13.5. The molecule has 3 aromatic rings. The van der Waals surface area contributed by atoms with Crippen LogP contribution in [0, 0.1) is 0 Å². The number of anilines is 3. The Bertz CT molecular complexity index is 865. The number of benzene rings is 2. The van der Waals surface area contributed by atoms with Crippen molar-refractivity contribution in [2.75, 3.05) is 17.7 Å². The quantitative estimate of drug-likeness (QED) is 0.695. The monoisotopic (exact) mass is 353 g/mol. The average Bonchev–Trinajstić information content (AvgIpc) is 2.65. The largest absolute Gasteiger partial charge is 0.496 e. The molecule has 0 fully saturated rings. The smallest absolute Gasteiger partial charge is 0.260 e. The van der Waals surface area contributed by atoms with Crippen molar-refractivity contribution in [3.8, 4) is 5.75 Å². The lowest BCUT2D eigenvalue weighted by atomic mass is 10.2. The predicted molar refractivity (Wildman–Crippen MR) is 99.9 cm³/mol. The third-order valence-corrected chi connectivity index (χ3v) is 3.74. The van der Waals surface area contributed by atoms with Crippen LogP contribution in [0.5, 0.6) is 5.75 Å². The Hall–Kier alpha value is -3.05. The summed E-state index contributed by atoms with van der Waals surface area (Å²) in [6.07, 6.45) is 1.65. The van der Waals surface area contributed by atoms with Crippen LogP contribution in [0.1, 0.15) is 10.4 Å². The third kappa shape index (κ3) is 4.28. The lowest BCUT2D eigenvalue weighted by molar-refractivity contribution is 0.102. The van der Waals surface area contributed by atoms with Gasteiger partial charge in [0.15, 0.2) is 0 Å². The molecule has 0 saturated carbocycles. The fraction of sp³-hybridized carbons (Fsp3) is 0.0526. The van der Waals surface area contributed by atoms with E-state index in [2.05, 4.69) is 15.6 Å². The van der Waals surface area contributed by atoms with E-state index in [1.54, 1.807) is 42.6 Å². The summed E-state index contributed by atoms with van der Waals surface area (Å²) in [5.74, 6) is 0.696. The standard InChI is InChI=1S/C19H16ClN3O2/c1-25-17-5-3-2-4-16(17)19(24)23-18-11-10-15(12-21-18)22-14-8-6-13(20)7-9-14/h2-12,22H,1H3,(H,21,23,24). The van der Waals surface area contributed by atoms with Crippen molar-refractivity contribution in [1.82, 2.24) is 4.98 Å². The molecule has 1 aromatic heterocycles. The van der Waals surface area contributed by atoms with Crippen molar-refractivity contribution in [3.05, 3.63) is 77.4 Å². The van der Waals surface area contributed by atoms with Gasteiger partial charge in [-0.1, -0.05) is 23.7 Å². The molecule has 126 valence electrons. The van der Waals surface area contributed by atoms with Crippen molar-refractivity contribution in [2.24, 2.45) is 0 Å². The van der Waals surface area contributed by atoms with E-state index in [1.807, 2.05) is 24.3 Å². The first-order valence-corrected chi connectivity index (χ1v) is 7.96. The van der Waals surface area contributed by atoms with Crippen LogP contribution in [0.4, 0.5) is 17.2 Å². The SMILES string of the molecule is COc1ccccc1C(=O)Nc1ccc(Nc2ccc(Cl)cc2)cn1. The molecule has 2 N–H and O–H groups in total. The number of nitrogens with zero attached hydrogens (tertiary/aromatic N) is 1. The Labute approximate surface area is 150 Å². The van der Waals surface area contributed by atoms with Gasteiger partial charge in [0.1, 0.15) is 11.6 Å². The summed E-state index contributed by atoms with van der Waals surface area (Å²) < 4.78 is 5.20. The fourth-order valence-corrected chi connectivity index (χ4v) is 2.38. The normalized spacial score (nSPS) is 10.2. The van der Waals surface area contributed by atoms with Crippen LogP contribution in [0.3, 0.4) is 0 Å². The van der Waals surface area contributed by atoms with E-state index in [0.29, 0.717) is 22.2 Å². The summed E-state index contributed by atoms with van der Waals surface area (Å²) in [6.45, 7) is 0. The molecule has 0 unspecified atom stereocenters.